The summed E-state index contributed by atoms with van der Waals surface area (Å²) >= 11 is 0. The topological polar surface area (TPSA) is 62.4 Å². The average Bonchev–Trinajstić information content (AvgIpc) is 3.16. The van der Waals surface area contributed by atoms with Gasteiger partial charge in [-0.15, -0.1) is 0 Å². The zero-order chi connectivity index (χ0) is 15.4. The number of nitrogens with zero attached hydrogens (tertiary/aromatic N) is 3. The molecule has 1 fully saturated rings. The number of aliphatic hydroxyl groups excluding tert-OH is 1. The van der Waals surface area contributed by atoms with Gasteiger partial charge in [-0.3, -0.25) is 4.90 Å². The summed E-state index contributed by atoms with van der Waals surface area (Å²) in [6.07, 6.45) is 3.40. The second kappa shape index (κ2) is 6.98. The first-order valence-corrected chi connectivity index (χ1v) is 7.68. The fourth-order valence-electron chi connectivity index (χ4n) is 2.91. The normalized spacial score (nSPS) is 18.9. The number of hydrogen-bond acceptors (Lipinski definition) is 5. The van der Waals surface area contributed by atoms with Crippen LogP contribution in [-0.2, 0) is 6.42 Å². The van der Waals surface area contributed by atoms with Gasteiger partial charge in [-0.1, -0.05) is 17.3 Å². The molecular formula is C16H20FN3O2. The van der Waals surface area contributed by atoms with Crippen molar-refractivity contribution >= 4 is 0 Å². The third-order valence-electron chi connectivity index (χ3n) is 4.01. The van der Waals surface area contributed by atoms with Crippen LogP contribution in [0.15, 0.2) is 28.8 Å². The SMILES string of the molecule is OCCCN1CCC[C@@H]1c1nc(Cc2ccc(F)cc2)no1. The quantitative estimate of drug-likeness (QED) is 0.887. The molecule has 1 N–H and O–H groups in total. The molecule has 0 saturated carbocycles. The van der Waals surface area contributed by atoms with Gasteiger partial charge in [0.2, 0.25) is 5.89 Å². The van der Waals surface area contributed by atoms with Gasteiger partial charge >= 0.3 is 0 Å². The molecule has 1 saturated heterocycles. The number of benzene rings is 1. The molecule has 1 aliphatic heterocycles. The summed E-state index contributed by atoms with van der Waals surface area (Å²) in [5.41, 5.74) is 0.956. The highest BCUT2D eigenvalue weighted by atomic mass is 19.1. The maximum atomic E-state index is 12.9. The third kappa shape index (κ3) is 3.51. The molecule has 118 valence electrons. The molecule has 1 atom stereocenters. The van der Waals surface area contributed by atoms with E-state index in [0.29, 0.717) is 18.1 Å². The lowest BCUT2D eigenvalue weighted by atomic mass is 10.1. The molecule has 22 heavy (non-hydrogen) atoms. The first-order chi connectivity index (χ1) is 10.8. The van der Waals surface area contributed by atoms with Crippen LogP contribution in [-0.4, -0.2) is 39.8 Å². The number of aliphatic hydroxyl groups is 1. The van der Waals surface area contributed by atoms with Crippen LogP contribution in [0.5, 0.6) is 0 Å². The van der Waals surface area contributed by atoms with Crippen LogP contribution in [0.3, 0.4) is 0 Å². The van der Waals surface area contributed by atoms with Crippen LogP contribution in [0.2, 0.25) is 0 Å². The van der Waals surface area contributed by atoms with E-state index in [1.807, 2.05) is 0 Å². The Morgan fingerprint density at radius 1 is 1.32 bits per heavy atom. The van der Waals surface area contributed by atoms with Crippen molar-refractivity contribution in [2.45, 2.75) is 31.7 Å². The van der Waals surface area contributed by atoms with E-state index in [1.54, 1.807) is 12.1 Å². The van der Waals surface area contributed by atoms with Crippen LogP contribution >= 0.6 is 0 Å². The standard InChI is InChI=1S/C16H20FN3O2/c17-13-6-4-12(5-7-13)11-15-18-16(22-19-15)14-3-1-8-20(14)9-2-10-21/h4-7,14,21H,1-3,8-11H2/t14-/m1/s1. The van der Waals surface area contributed by atoms with Crippen molar-refractivity contribution in [2.24, 2.45) is 0 Å². The van der Waals surface area contributed by atoms with Gasteiger partial charge in [-0.05, 0) is 43.5 Å². The summed E-state index contributed by atoms with van der Waals surface area (Å²) in [6.45, 7) is 2.04. The van der Waals surface area contributed by atoms with E-state index in [-0.39, 0.29) is 18.5 Å². The number of rotatable bonds is 6. The lowest BCUT2D eigenvalue weighted by molar-refractivity contribution is 0.185. The van der Waals surface area contributed by atoms with Crippen LogP contribution in [0.4, 0.5) is 4.39 Å². The molecule has 2 heterocycles. The zero-order valence-corrected chi connectivity index (χ0v) is 12.4. The van der Waals surface area contributed by atoms with E-state index in [0.717, 1.165) is 37.9 Å². The molecule has 1 aliphatic rings. The Kier molecular flexibility index (Phi) is 4.80. The average molecular weight is 305 g/mol. The van der Waals surface area contributed by atoms with E-state index in [2.05, 4.69) is 15.0 Å². The summed E-state index contributed by atoms with van der Waals surface area (Å²) < 4.78 is 18.3. The number of halogens is 1. The molecular weight excluding hydrogens is 285 g/mol. The molecule has 6 heteroatoms. The van der Waals surface area contributed by atoms with Crippen molar-refractivity contribution in [3.05, 3.63) is 47.4 Å². The molecule has 0 spiro atoms. The van der Waals surface area contributed by atoms with Crippen molar-refractivity contribution in [1.82, 2.24) is 15.0 Å². The number of likely N-dealkylation sites (tertiary alicyclic amines) is 1. The van der Waals surface area contributed by atoms with Gasteiger partial charge in [0.15, 0.2) is 5.82 Å². The molecule has 0 unspecified atom stereocenters. The Balaban J connectivity index is 1.66. The lowest BCUT2D eigenvalue weighted by Crippen LogP contribution is -2.25. The first-order valence-electron chi connectivity index (χ1n) is 7.68. The maximum Gasteiger partial charge on any atom is 0.244 e. The van der Waals surface area contributed by atoms with Gasteiger partial charge in [0, 0.05) is 19.6 Å². The van der Waals surface area contributed by atoms with Crippen molar-refractivity contribution < 1.29 is 14.0 Å². The number of hydrogen-bond donors (Lipinski definition) is 1. The predicted octanol–water partition coefficient (Wildman–Crippen LogP) is 2.32. The van der Waals surface area contributed by atoms with Crippen molar-refractivity contribution in [1.29, 1.82) is 0 Å². The summed E-state index contributed by atoms with van der Waals surface area (Å²) in [7, 11) is 0. The highest BCUT2D eigenvalue weighted by Gasteiger charge is 2.30. The molecule has 0 amide bonds. The summed E-state index contributed by atoms with van der Waals surface area (Å²) in [5, 5.41) is 13.0. The molecule has 5 nitrogen and oxygen atoms in total. The van der Waals surface area contributed by atoms with E-state index in [1.165, 1.54) is 12.1 Å². The maximum absolute atomic E-state index is 12.9. The molecule has 1 aromatic heterocycles. The summed E-state index contributed by atoms with van der Waals surface area (Å²) in [4.78, 5) is 6.78. The van der Waals surface area contributed by atoms with Crippen molar-refractivity contribution in [2.75, 3.05) is 19.7 Å². The molecule has 3 rings (SSSR count). The largest absolute Gasteiger partial charge is 0.396 e. The van der Waals surface area contributed by atoms with Crippen LogP contribution < -0.4 is 0 Å². The number of aromatic nitrogens is 2. The molecule has 1 aromatic carbocycles. The first kappa shape index (κ1) is 15.1. The molecule has 0 bridgehead atoms. The molecule has 2 aromatic rings. The predicted molar refractivity (Wildman–Crippen MR) is 78.8 cm³/mol. The Morgan fingerprint density at radius 3 is 2.91 bits per heavy atom. The van der Waals surface area contributed by atoms with Crippen LogP contribution in [0, 0.1) is 5.82 Å². The minimum Gasteiger partial charge on any atom is -0.396 e. The minimum atomic E-state index is -0.247. The van der Waals surface area contributed by atoms with Gasteiger partial charge in [0.05, 0.1) is 6.04 Å². The van der Waals surface area contributed by atoms with Gasteiger partial charge < -0.3 is 9.63 Å². The van der Waals surface area contributed by atoms with Gasteiger partial charge in [0.1, 0.15) is 5.82 Å². The van der Waals surface area contributed by atoms with Crippen molar-refractivity contribution in [3.63, 3.8) is 0 Å². The monoisotopic (exact) mass is 305 g/mol. The van der Waals surface area contributed by atoms with E-state index in [4.69, 9.17) is 9.63 Å². The van der Waals surface area contributed by atoms with Gasteiger partial charge in [-0.2, -0.15) is 4.98 Å². The molecule has 0 aliphatic carbocycles. The zero-order valence-electron chi connectivity index (χ0n) is 12.4. The van der Waals surface area contributed by atoms with Crippen molar-refractivity contribution in [3.8, 4) is 0 Å². The lowest BCUT2D eigenvalue weighted by Gasteiger charge is -2.20. The Hall–Kier alpha value is -1.79. The minimum absolute atomic E-state index is 0.154. The second-order valence-electron chi connectivity index (χ2n) is 5.62. The van der Waals surface area contributed by atoms with E-state index >= 15 is 0 Å². The fourth-order valence-corrected chi connectivity index (χ4v) is 2.91. The van der Waals surface area contributed by atoms with E-state index < -0.39 is 0 Å². The summed E-state index contributed by atoms with van der Waals surface area (Å²) in [5.74, 6) is 1.02. The molecule has 0 radical (unpaired) electrons. The smallest absolute Gasteiger partial charge is 0.244 e. The Labute approximate surface area is 128 Å². The van der Waals surface area contributed by atoms with Crippen LogP contribution in [0.1, 0.15) is 42.6 Å². The second-order valence-corrected chi connectivity index (χ2v) is 5.62. The third-order valence-corrected chi connectivity index (χ3v) is 4.01. The Bertz CT molecular complexity index is 600. The van der Waals surface area contributed by atoms with Gasteiger partial charge in [0.25, 0.3) is 0 Å². The van der Waals surface area contributed by atoms with Crippen LogP contribution in [0.25, 0.3) is 0 Å². The van der Waals surface area contributed by atoms with E-state index in [9.17, 15) is 4.39 Å². The Morgan fingerprint density at radius 2 is 2.14 bits per heavy atom. The fraction of sp³-hybridized carbons (Fsp3) is 0.500. The van der Waals surface area contributed by atoms with Gasteiger partial charge in [-0.25, -0.2) is 4.39 Å². The highest BCUT2D eigenvalue weighted by molar-refractivity contribution is 5.19. The highest BCUT2D eigenvalue weighted by Crippen LogP contribution is 2.30. The summed E-state index contributed by atoms with van der Waals surface area (Å²) in [6, 6.07) is 6.48.